The first-order valence-electron chi connectivity index (χ1n) is 4.05. The summed E-state index contributed by atoms with van der Waals surface area (Å²) in [6, 6.07) is 0.663. The van der Waals surface area contributed by atoms with Crippen LogP contribution >= 0.6 is 0 Å². The van der Waals surface area contributed by atoms with Crippen LogP contribution in [0.5, 0.6) is 0 Å². The highest BCUT2D eigenvalue weighted by Gasteiger charge is 2.17. The van der Waals surface area contributed by atoms with Gasteiger partial charge in [-0.15, -0.1) is 0 Å². The van der Waals surface area contributed by atoms with Gasteiger partial charge in [0.25, 0.3) is 0 Å². The van der Waals surface area contributed by atoms with Crippen molar-refractivity contribution < 1.29 is 4.79 Å². The smallest absolute Gasteiger partial charge is 0.124 e. The molecule has 0 aromatic carbocycles. The quantitative estimate of drug-likeness (QED) is 0.580. The van der Waals surface area contributed by atoms with E-state index in [0.717, 1.165) is 19.3 Å². The summed E-state index contributed by atoms with van der Waals surface area (Å²) in [6.45, 7) is 3.07. The van der Waals surface area contributed by atoms with Crippen molar-refractivity contribution in [3.63, 3.8) is 0 Å². The van der Waals surface area contributed by atoms with Gasteiger partial charge in [0.2, 0.25) is 0 Å². The monoisotopic (exact) mass is 141 g/mol. The van der Waals surface area contributed by atoms with E-state index < -0.39 is 0 Å². The lowest BCUT2D eigenvalue weighted by molar-refractivity contribution is -0.111. The second-order valence-corrected chi connectivity index (χ2v) is 2.99. The molecule has 0 aliphatic carbocycles. The number of piperidine rings is 1. The molecular formula is C8H15NO. The Bertz CT molecular complexity index is 106. The number of hydrogen-bond donors (Lipinski definition) is 1. The number of nitrogens with one attached hydrogen (secondary N) is 1. The average molecular weight is 141 g/mol. The van der Waals surface area contributed by atoms with Gasteiger partial charge in [-0.2, -0.15) is 0 Å². The van der Waals surface area contributed by atoms with Gasteiger partial charge in [0.15, 0.2) is 0 Å². The molecule has 0 aromatic rings. The predicted molar refractivity (Wildman–Crippen MR) is 40.9 cm³/mol. The second kappa shape index (κ2) is 3.71. The summed E-state index contributed by atoms with van der Waals surface area (Å²) in [5.41, 5.74) is 0. The predicted octanol–water partition coefficient (Wildman–Crippen LogP) is 0.964. The van der Waals surface area contributed by atoms with E-state index in [2.05, 4.69) is 12.2 Å². The molecule has 2 atom stereocenters. The van der Waals surface area contributed by atoms with Gasteiger partial charge in [0.05, 0.1) is 0 Å². The molecule has 2 nitrogen and oxygen atoms in total. The molecule has 2 heteroatoms. The van der Waals surface area contributed by atoms with Gasteiger partial charge in [-0.3, -0.25) is 0 Å². The molecule has 0 spiro atoms. The Labute approximate surface area is 62.0 Å². The Morgan fingerprint density at radius 2 is 2.40 bits per heavy atom. The van der Waals surface area contributed by atoms with E-state index >= 15 is 0 Å². The summed E-state index contributed by atoms with van der Waals surface area (Å²) < 4.78 is 0. The standard InChI is InChI=1S/C8H15NO/c1-2-8-4-3-7(6-10)5-9-8/h6-9H,2-5H2,1H3/t7-,8+/m0/s1. The average Bonchev–Trinajstić information content (AvgIpc) is 2.05. The third-order valence-electron chi connectivity index (χ3n) is 2.24. The fourth-order valence-electron chi connectivity index (χ4n) is 1.40. The Morgan fingerprint density at radius 1 is 1.60 bits per heavy atom. The summed E-state index contributed by atoms with van der Waals surface area (Å²) in [5, 5.41) is 3.34. The zero-order chi connectivity index (χ0) is 7.40. The first-order valence-corrected chi connectivity index (χ1v) is 4.05. The number of carbonyl (C=O) groups excluding carboxylic acids is 1. The van der Waals surface area contributed by atoms with Crippen molar-refractivity contribution in [3.05, 3.63) is 0 Å². The first-order chi connectivity index (χ1) is 4.86. The lowest BCUT2D eigenvalue weighted by Gasteiger charge is -2.25. The van der Waals surface area contributed by atoms with E-state index in [-0.39, 0.29) is 5.92 Å². The Morgan fingerprint density at radius 3 is 2.80 bits per heavy atom. The van der Waals surface area contributed by atoms with E-state index in [4.69, 9.17) is 0 Å². The van der Waals surface area contributed by atoms with E-state index in [9.17, 15) is 4.79 Å². The molecule has 1 aliphatic rings. The van der Waals surface area contributed by atoms with Gasteiger partial charge in [-0.1, -0.05) is 6.92 Å². The minimum atomic E-state index is 0.280. The molecule has 0 bridgehead atoms. The van der Waals surface area contributed by atoms with Crippen molar-refractivity contribution in [3.8, 4) is 0 Å². The lowest BCUT2D eigenvalue weighted by Crippen LogP contribution is -2.38. The van der Waals surface area contributed by atoms with E-state index in [1.165, 1.54) is 12.8 Å². The molecule has 0 radical (unpaired) electrons. The Balaban J connectivity index is 2.23. The number of carbonyl (C=O) groups is 1. The van der Waals surface area contributed by atoms with Crippen molar-refractivity contribution in [1.29, 1.82) is 0 Å². The van der Waals surface area contributed by atoms with Crippen LogP contribution in [-0.2, 0) is 4.79 Å². The Kier molecular flexibility index (Phi) is 2.87. The zero-order valence-corrected chi connectivity index (χ0v) is 6.47. The molecule has 1 aliphatic heterocycles. The Hall–Kier alpha value is -0.370. The van der Waals surface area contributed by atoms with Crippen molar-refractivity contribution in [1.82, 2.24) is 5.32 Å². The highest BCUT2D eigenvalue weighted by atomic mass is 16.1. The van der Waals surface area contributed by atoms with Gasteiger partial charge in [-0.25, -0.2) is 0 Å². The molecule has 1 N–H and O–H groups in total. The number of aldehydes is 1. The third kappa shape index (κ3) is 1.81. The van der Waals surface area contributed by atoms with Crippen molar-refractivity contribution >= 4 is 6.29 Å². The van der Waals surface area contributed by atoms with Crippen LogP contribution in [0.3, 0.4) is 0 Å². The molecule has 1 saturated heterocycles. The van der Waals surface area contributed by atoms with Crippen molar-refractivity contribution in [2.45, 2.75) is 32.2 Å². The minimum absolute atomic E-state index is 0.280. The molecule has 0 saturated carbocycles. The van der Waals surface area contributed by atoms with Crippen LogP contribution in [0.4, 0.5) is 0 Å². The molecule has 1 heterocycles. The van der Waals surface area contributed by atoms with Crippen LogP contribution in [0.25, 0.3) is 0 Å². The summed E-state index contributed by atoms with van der Waals surface area (Å²) in [7, 11) is 0. The molecule has 0 amide bonds. The van der Waals surface area contributed by atoms with Crippen molar-refractivity contribution in [2.24, 2.45) is 5.92 Å². The van der Waals surface area contributed by atoms with Gasteiger partial charge in [-0.05, 0) is 19.3 Å². The maximum absolute atomic E-state index is 10.3. The molecular weight excluding hydrogens is 126 g/mol. The fourth-order valence-corrected chi connectivity index (χ4v) is 1.40. The maximum Gasteiger partial charge on any atom is 0.124 e. The van der Waals surface area contributed by atoms with Crippen LogP contribution in [0, 0.1) is 5.92 Å². The normalized spacial score (nSPS) is 33.7. The highest BCUT2D eigenvalue weighted by molar-refractivity contribution is 5.53. The van der Waals surface area contributed by atoms with Crippen LogP contribution in [0.15, 0.2) is 0 Å². The van der Waals surface area contributed by atoms with Crippen LogP contribution in [-0.4, -0.2) is 18.9 Å². The van der Waals surface area contributed by atoms with Crippen LogP contribution in [0.1, 0.15) is 26.2 Å². The minimum Gasteiger partial charge on any atom is -0.313 e. The topological polar surface area (TPSA) is 29.1 Å². The summed E-state index contributed by atoms with van der Waals surface area (Å²) in [4.78, 5) is 10.3. The van der Waals surface area contributed by atoms with E-state index in [0.29, 0.717) is 6.04 Å². The van der Waals surface area contributed by atoms with Crippen molar-refractivity contribution in [2.75, 3.05) is 6.54 Å². The largest absolute Gasteiger partial charge is 0.313 e. The lowest BCUT2D eigenvalue weighted by atomic mass is 9.95. The SMILES string of the molecule is CC[C@@H]1CC[C@H](C=O)CN1. The molecule has 10 heavy (non-hydrogen) atoms. The molecule has 1 fully saturated rings. The number of rotatable bonds is 2. The third-order valence-corrected chi connectivity index (χ3v) is 2.24. The van der Waals surface area contributed by atoms with E-state index in [1.54, 1.807) is 0 Å². The molecule has 0 aromatic heterocycles. The van der Waals surface area contributed by atoms with Gasteiger partial charge >= 0.3 is 0 Å². The molecule has 1 rings (SSSR count). The molecule has 0 unspecified atom stereocenters. The van der Waals surface area contributed by atoms with Crippen LogP contribution in [0.2, 0.25) is 0 Å². The number of hydrogen-bond acceptors (Lipinski definition) is 2. The van der Waals surface area contributed by atoms with Crippen LogP contribution < -0.4 is 5.32 Å². The van der Waals surface area contributed by atoms with Gasteiger partial charge in [0, 0.05) is 18.5 Å². The second-order valence-electron chi connectivity index (χ2n) is 2.99. The fraction of sp³-hybridized carbons (Fsp3) is 0.875. The zero-order valence-electron chi connectivity index (χ0n) is 6.47. The van der Waals surface area contributed by atoms with E-state index in [1.807, 2.05) is 0 Å². The van der Waals surface area contributed by atoms with Gasteiger partial charge < -0.3 is 10.1 Å². The highest BCUT2D eigenvalue weighted by Crippen LogP contribution is 2.13. The first kappa shape index (κ1) is 7.73. The summed E-state index contributed by atoms with van der Waals surface area (Å²) in [6.07, 6.45) is 4.50. The summed E-state index contributed by atoms with van der Waals surface area (Å²) >= 11 is 0. The van der Waals surface area contributed by atoms with Gasteiger partial charge in [0.1, 0.15) is 6.29 Å². The maximum atomic E-state index is 10.3. The summed E-state index contributed by atoms with van der Waals surface area (Å²) in [5.74, 6) is 0.280. The molecule has 58 valence electrons.